The third-order valence-electron chi connectivity index (χ3n) is 3.62. The molecule has 0 spiro atoms. The first kappa shape index (κ1) is 16.8. The van der Waals surface area contributed by atoms with Crippen molar-refractivity contribution in [2.45, 2.75) is 25.1 Å². The van der Waals surface area contributed by atoms with Crippen LogP contribution in [0.25, 0.3) is 0 Å². The van der Waals surface area contributed by atoms with E-state index in [1.807, 2.05) is 0 Å². The van der Waals surface area contributed by atoms with Crippen LogP contribution in [0.3, 0.4) is 0 Å². The lowest BCUT2D eigenvalue weighted by atomic mass is 9.90. The number of alkyl halides is 3. The van der Waals surface area contributed by atoms with Crippen molar-refractivity contribution < 1.29 is 27.6 Å². The van der Waals surface area contributed by atoms with E-state index in [9.17, 15) is 27.6 Å². The largest absolute Gasteiger partial charge is 0.416 e. The topological polar surface area (TPSA) is 92.5 Å². The number of carbonyl (C=O) groups excluding carboxylic acids is 3. The van der Waals surface area contributed by atoms with Crippen LogP contribution in [-0.4, -0.2) is 29.3 Å². The summed E-state index contributed by atoms with van der Waals surface area (Å²) in [7, 11) is 0. The van der Waals surface area contributed by atoms with E-state index in [-0.39, 0.29) is 18.5 Å². The number of nitrogens with one attached hydrogen (secondary N) is 1. The molecule has 23 heavy (non-hydrogen) atoms. The molecule has 9 heteroatoms. The van der Waals surface area contributed by atoms with Crippen molar-refractivity contribution >= 4 is 17.8 Å². The maximum absolute atomic E-state index is 12.8. The Hall–Kier alpha value is -2.58. The fourth-order valence-corrected chi connectivity index (χ4v) is 2.32. The van der Waals surface area contributed by atoms with E-state index in [0.29, 0.717) is 0 Å². The number of urea groups is 1. The average Bonchev–Trinajstić information content (AvgIpc) is 2.67. The molecule has 1 aliphatic rings. The molecule has 4 amide bonds. The van der Waals surface area contributed by atoms with Gasteiger partial charge in [0.05, 0.1) is 5.56 Å². The van der Waals surface area contributed by atoms with Crippen LogP contribution in [-0.2, 0) is 21.3 Å². The SMILES string of the molecule is CC1(c2cccc(C(F)(F)F)c2)NC(=O)N(CCC(N)=O)C1=O. The first-order valence-corrected chi connectivity index (χ1v) is 6.66. The van der Waals surface area contributed by atoms with Gasteiger partial charge in [0.25, 0.3) is 5.91 Å². The van der Waals surface area contributed by atoms with Gasteiger partial charge in [0.15, 0.2) is 0 Å². The molecule has 0 aliphatic carbocycles. The summed E-state index contributed by atoms with van der Waals surface area (Å²) >= 11 is 0. The van der Waals surface area contributed by atoms with E-state index in [4.69, 9.17) is 5.73 Å². The number of carbonyl (C=O) groups is 3. The molecular weight excluding hydrogens is 315 g/mol. The summed E-state index contributed by atoms with van der Waals surface area (Å²) in [6, 6.07) is 3.39. The van der Waals surface area contributed by atoms with Crippen LogP contribution in [0.15, 0.2) is 24.3 Å². The van der Waals surface area contributed by atoms with Crippen LogP contribution in [0, 0.1) is 0 Å². The Balaban J connectivity index is 2.34. The Kier molecular flexibility index (Phi) is 4.06. The van der Waals surface area contributed by atoms with Gasteiger partial charge in [-0.15, -0.1) is 0 Å². The number of primary amides is 1. The van der Waals surface area contributed by atoms with Gasteiger partial charge in [0, 0.05) is 13.0 Å². The third-order valence-corrected chi connectivity index (χ3v) is 3.62. The zero-order valence-electron chi connectivity index (χ0n) is 12.1. The highest BCUT2D eigenvalue weighted by atomic mass is 19.4. The highest BCUT2D eigenvalue weighted by Crippen LogP contribution is 2.34. The standard InChI is InChI=1S/C14H14F3N3O3/c1-13(8-3-2-4-9(7-8)14(15,16)17)11(22)20(12(23)19-13)6-5-10(18)21/h2-4,7H,5-6H2,1H3,(H2,18,21)(H,19,23). The summed E-state index contributed by atoms with van der Waals surface area (Å²) in [6.45, 7) is 1.08. The smallest absolute Gasteiger partial charge is 0.370 e. The van der Waals surface area contributed by atoms with Gasteiger partial charge in [-0.1, -0.05) is 12.1 Å². The zero-order chi connectivity index (χ0) is 17.4. The Bertz CT molecular complexity index is 675. The van der Waals surface area contributed by atoms with Crippen LogP contribution in [0.4, 0.5) is 18.0 Å². The van der Waals surface area contributed by atoms with Crippen molar-refractivity contribution in [2.24, 2.45) is 5.73 Å². The minimum Gasteiger partial charge on any atom is -0.370 e. The van der Waals surface area contributed by atoms with Gasteiger partial charge < -0.3 is 11.1 Å². The Morgan fingerprint density at radius 1 is 1.35 bits per heavy atom. The van der Waals surface area contributed by atoms with Crippen molar-refractivity contribution in [3.05, 3.63) is 35.4 Å². The van der Waals surface area contributed by atoms with Gasteiger partial charge in [0.2, 0.25) is 5.91 Å². The number of nitrogens with two attached hydrogens (primary N) is 1. The normalized spacial score (nSPS) is 21.5. The van der Waals surface area contributed by atoms with Gasteiger partial charge in [-0.25, -0.2) is 4.79 Å². The molecule has 0 bridgehead atoms. The average molecular weight is 329 g/mol. The van der Waals surface area contributed by atoms with Crippen LogP contribution < -0.4 is 11.1 Å². The zero-order valence-corrected chi connectivity index (χ0v) is 12.1. The van der Waals surface area contributed by atoms with E-state index in [1.165, 1.54) is 13.0 Å². The number of hydrogen-bond acceptors (Lipinski definition) is 3. The molecule has 0 aromatic heterocycles. The Morgan fingerprint density at radius 2 is 2.00 bits per heavy atom. The molecule has 1 atom stereocenters. The van der Waals surface area contributed by atoms with Gasteiger partial charge in [-0.05, 0) is 24.6 Å². The van der Waals surface area contributed by atoms with E-state index in [2.05, 4.69) is 5.32 Å². The monoisotopic (exact) mass is 329 g/mol. The summed E-state index contributed by atoms with van der Waals surface area (Å²) in [5.74, 6) is -1.43. The minimum absolute atomic E-state index is 0.00671. The lowest BCUT2D eigenvalue weighted by molar-refractivity contribution is -0.138. The molecular formula is C14H14F3N3O3. The van der Waals surface area contributed by atoms with Crippen LogP contribution in [0.1, 0.15) is 24.5 Å². The summed E-state index contributed by atoms with van der Waals surface area (Å²) < 4.78 is 38.4. The maximum atomic E-state index is 12.8. The van der Waals surface area contributed by atoms with Gasteiger partial charge in [0.1, 0.15) is 5.54 Å². The summed E-state index contributed by atoms with van der Waals surface area (Å²) in [6.07, 6.45) is -4.79. The quantitative estimate of drug-likeness (QED) is 0.817. The summed E-state index contributed by atoms with van der Waals surface area (Å²) in [5, 5.41) is 2.37. The number of amides is 4. The minimum atomic E-state index is -4.57. The van der Waals surface area contributed by atoms with Crippen LogP contribution in [0.5, 0.6) is 0 Å². The molecule has 0 saturated carbocycles. The predicted octanol–water partition coefficient (Wildman–Crippen LogP) is 1.35. The molecule has 124 valence electrons. The Labute approximate surface area is 129 Å². The molecule has 3 N–H and O–H groups in total. The highest BCUT2D eigenvalue weighted by molar-refractivity contribution is 6.07. The molecule has 0 radical (unpaired) electrons. The van der Waals surface area contributed by atoms with E-state index in [0.717, 1.165) is 23.1 Å². The molecule has 1 aromatic carbocycles. The van der Waals surface area contributed by atoms with Crippen molar-refractivity contribution in [2.75, 3.05) is 6.54 Å². The number of benzene rings is 1. The second kappa shape index (κ2) is 5.56. The number of imide groups is 1. The summed E-state index contributed by atoms with van der Waals surface area (Å²) in [5.41, 5.74) is 2.43. The third kappa shape index (κ3) is 3.13. The number of rotatable bonds is 4. The molecule has 6 nitrogen and oxygen atoms in total. The second-order valence-electron chi connectivity index (χ2n) is 5.31. The fraction of sp³-hybridized carbons (Fsp3) is 0.357. The second-order valence-corrected chi connectivity index (χ2v) is 5.31. The fourth-order valence-electron chi connectivity index (χ4n) is 2.32. The van der Waals surface area contributed by atoms with Crippen molar-refractivity contribution in [1.82, 2.24) is 10.2 Å². The van der Waals surface area contributed by atoms with Gasteiger partial charge in [-0.2, -0.15) is 13.2 Å². The molecule has 1 aromatic rings. The van der Waals surface area contributed by atoms with Crippen LogP contribution >= 0.6 is 0 Å². The van der Waals surface area contributed by atoms with Crippen molar-refractivity contribution in [3.63, 3.8) is 0 Å². The van der Waals surface area contributed by atoms with E-state index < -0.39 is 35.1 Å². The van der Waals surface area contributed by atoms with Gasteiger partial charge in [-0.3, -0.25) is 14.5 Å². The van der Waals surface area contributed by atoms with E-state index in [1.54, 1.807) is 0 Å². The lowest BCUT2D eigenvalue weighted by Gasteiger charge is -2.23. The molecule has 1 unspecified atom stereocenters. The predicted molar refractivity (Wildman–Crippen MR) is 72.9 cm³/mol. The highest BCUT2D eigenvalue weighted by Gasteiger charge is 2.49. The van der Waals surface area contributed by atoms with Crippen molar-refractivity contribution in [1.29, 1.82) is 0 Å². The summed E-state index contributed by atoms with van der Waals surface area (Å²) in [4.78, 5) is 35.9. The Morgan fingerprint density at radius 3 is 2.57 bits per heavy atom. The molecule has 2 rings (SSSR count). The van der Waals surface area contributed by atoms with E-state index >= 15 is 0 Å². The van der Waals surface area contributed by atoms with Crippen LogP contribution in [0.2, 0.25) is 0 Å². The lowest BCUT2D eigenvalue weighted by Crippen LogP contribution is -2.41. The maximum Gasteiger partial charge on any atom is 0.416 e. The first-order valence-electron chi connectivity index (χ1n) is 6.66. The molecule has 1 saturated heterocycles. The van der Waals surface area contributed by atoms with Crippen molar-refractivity contribution in [3.8, 4) is 0 Å². The number of hydrogen-bond donors (Lipinski definition) is 2. The number of halogens is 3. The first-order chi connectivity index (χ1) is 10.6. The molecule has 1 heterocycles. The molecule has 1 aliphatic heterocycles. The van der Waals surface area contributed by atoms with Gasteiger partial charge >= 0.3 is 12.2 Å². The molecule has 1 fully saturated rings. The number of nitrogens with zero attached hydrogens (tertiary/aromatic N) is 1.